The second-order valence-corrected chi connectivity index (χ2v) is 9.69. The van der Waals surface area contributed by atoms with Crippen LogP contribution in [0.3, 0.4) is 0 Å². The van der Waals surface area contributed by atoms with E-state index in [2.05, 4.69) is 0 Å². The van der Waals surface area contributed by atoms with E-state index in [0.717, 1.165) is 22.4 Å². The number of carboxylic acids is 1. The number of rotatable bonds is 7. The van der Waals surface area contributed by atoms with E-state index in [1.165, 1.54) is 18.2 Å². The fourth-order valence-corrected chi connectivity index (χ4v) is 4.76. The van der Waals surface area contributed by atoms with Gasteiger partial charge in [0.15, 0.2) is 5.58 Å². The number of hydrogen-bond acceptors (Lipinski definition) is 6. The van der Waals surface area contributed by atoms with Gasteiger partial charge in [-0.25, -0.2) is 14.7 Å². The first-order valence-electron chi connectivity index (χ1n) is 12.5. The predicted octanol–water partition coefficient (Wildman–Crippen LogP) is 7.10. The molecule has 4 aromatic carbocycles. The minimum absolute atomic E-state index is 0.0364. The Morgan fingerprint density at radius 2 is 1.65 bits per heavy atom. The second kappa shape index (κ2) is 9.98. The van der Waals surface area contributed by atoms with Crippen LogP contribution in [0, 0.1) is 0 Å². The van der Waals surface area contributed by atoms with Crippen LogP contribution in [-0.2, 0) is 0 Å². The first kappa shape index (κ1) is 25.3. The van der Waals surface area contributed by atoms with Gasteiger partial charge in [-0.1, -0.05) is 36.7 Å². The van der Waals surface area contributed by atoms with Crippen LogP contribution in [0.1, 0.15) is 44.4 Å². The van der Waals surface area contributed by atoms with Gasteiger partial charge < -0.3 is 14.3 Å². The molecule has 0 bridgehead atoms. The van der Waals surface area contributed by atoms with Gasteiger partial charge in [-0.05, 0) is 78.2 Å². The number of carbonyl (C=O) groups excluding carboxylic acids is 2. The number of aromatic nitrogens is 1. The maximum Gasteiger partial charge on any atom is 0.335 e. The van der Waals surface area contributed by atoms with Crippen LogP contribution in [0.4, 0.5) is 5.69 Å². The summed E-state index contributed by atoms with van der Waals surface area (Å²) in [6.45, 7) is 2.42. The zero-order valence-electron chi connectivity index (χ0n) is 21.2. The number of benzene rings is 4. The van der Waals surface area contributed by atoms with Gasteiger partial charge in [0, 0.05) is 5.02 Å². The number of fused-ring (bicyclic) bond motifs is 2. The van der Waals surface area contributed by atoms with E-state index in [-0.39, 0.29) is 28.3 Å². The quantitative estimate of drug-likeness (QED) is 0.214. The number of carboxylic acid groups (broad SMARTS) is 1. The molecule has 1 N–H and O–H groups in total. The van der Waals surface area contributed by atoms with Gasteiger partial charge in [0.1, 0.15) is 11.3 Å². The number of amides is 2. The molecule has 0 saturated heterocycles. The van der Waals surface area contributed by atoms with Gasteiger partial charge in [0.2, 0.25) is 5.89 Å². The standard InChI is InChI=1S/C31H21ClN2O6/c1-2-13-39-26-12-9-21(34-29(35)22-10-5-19(31(37)38)14-23(22)30(34)36)16-24(26)28-33-25-15-18(6-11-27(25)40-28)17-3-7-20(32)8-4-17/h3-12,14-16H,2,13H2,1H3,(H,37,38). The van der Waals surface area contributed by atoms with Crippen LogP contribution in [-0.4, -0.2) is 34.5 Å². The molecule has 0 fully saturated rings. The van der Waals surface area contributed by atoms with Crippen molar-refractivity contribution < 1.29 is 28.6 Å². The molecule has 40 heavy (non-hydrogen) atoms. The predicted molar refractivity (Wildman–Crippen MR) is 150 cm³/mol. The Bertz CT molecular complexity index is 1830. The Labute approximate surface area is 233 Å². The molecule has 198 valence electrons. The highest BCUT2D eigenvalue weighted by molar-refractivity contribution is 6.34. The summed E-state index contributed by atoms with van der Waals surface area (Å²) in [5, 5.41) is 9.97. The minimum atomic E-state index is -1.18. The molecule has 9 heteroatoms. The van der Waals surface area contributed by atoms with Crippen LogP contribution in [0.5, 0.6) is 5.75 Å². The number of imide groups is 1. The molecule has 1 aromatic heterocycles. The highest BCUT2D eigenvalue weighted by Crippen LogP contribution is 2.38. The zero-order chi connectivity index (χ0) is 28.0. The lowest BCUT2D eigenvalue weighted by atomic mass is 10.1. The zero-order valence-corrected chi connectivity index (χ0v) is 21.9. The monoisotopic (exact) mass is 552 g/mol. The normalized spacial score (nSPS) is 12.7. The number of oxazole rings is 1. The first-order valence-corrected chi connectivity index (χ1v) is 12.9. The van der Waals surface area contributed by atoms with E-state index in [4.69, 9.17) is 25.7 Å². The molecule has 0 radical (unpaired) electrons. The maximum absolute atomic E-state index is 13.3. The third-order valence-corrected chi connectivity index (χ3v) is 6.86. The summed E-state index contributed by atoms with van der Waals surface area (Å²) in [6.07, 6.45) is 0.767. The van der Waals surface area contributed by atoms with Crippen molar-refractivity contribution in [3.05, 3.63) is 101 Å². The van der Waals surface area contributed by atoms with Crippen molar-refractivity contribution in [2.75, 3.05) is 11.5 Å². The number of aromatic carboxylic acids is 1. The number of nitrogens with zero attached hydrogens (tertiary/aromatic N) is 2. The third-order valence-electron chi connectivity index (χ3n) is 6.61. The highest BCUT2D eigenvalue weighted by Gasteiger charge is 2.37. The molecule has 0 spiro atoms. The molecule has 5 aromatic rings. The Kier molecular flexibility index (Phi) is 6.32. The topological polar surface area (TPSA) is 110 Å². The summed E-state index contributed by atoms with van der Waals surface area (Å²) in [5.41, 5.74) is 3.94. The van der Waals surface area contributed by atoms with Gasteiger partial charge in [-0.3, -0.25) is 9.59 Å². The SMILES string of the molecule is CCCOc1ccc(N2C(=O)c3ccc(C(=O)O)cc3C2=O)cc1-c1nc2cc(-c3ccc(Cl)cc3)ccc2o1. The van der Waals surface area contributed by atoms with E-state index in [9.17, 15) is 19.5 Å². The summed E-state index contributed by atoms with van der Waals surface area (Å²) in [4.78, 5) is 43.6. The molecule has 0 aliphatic carbocycles. The lowest BCUT2D eigenvalue weighted by Crippen LogP contribution is -2.29. The van der Waals surface area contributed by atoms with Crippen LogP contribution in [0.15, 0.2) is 83.3 Å². The summed E-state index contributed by atoms with van der Waals surface area (Å²) >= 11 is 6.03. The number of ether oxygens (including phenoxy) is 1. The third kappa shape index (κ3) is 4.38. The number of halogens is 1. The van der Waals surface area contributed by atoms with E-state index in [0.29, 0.717) is 34.0 Å². The van der Waals surface area contributed by atoms with Gasteiger partial charge in [0.05, 0.1) is 34.5 Å². The van der Waals surface area contributed by atoms with E-state index >= 15 is 0 Å². The second-order valence-electron chi connectivity index (χ2n) is 9.25. The highest BCUT2D eigenvalue weighted by atomic mass is 35.5. The molecule has 1 aliphatic heterocycles. The first-order chi connectivity index (χ1) is 19.3. The number of anilines is 1. The van der Waals surface area contributed by atoms with Crippen LogP contribution < -0.4 is 9.64 Å². The average Bonchev–Trinajstić information content (AvgIpc) is 3.50. The number of hydrogen-bond donors (Lipinski definition) is 1. The Morgan fingerprint density at radius 3 is 2.40 bits per heavy atom. The summed E-state index contributed by atoms with van der Waals surface area (Å²) in [5.74, 6) is -1.59. The van der Waals surface area contributed by atoms with E-state index < -0.39 is 17.8 Å². The fraction of sp³-hybridized carbons (Fsp3) is 0.0968. The van der Waals surface area contributed by atoms with Crippen LogP contribution in [0.2, 0.25) is 5.02 Å². The molecular weight excluding hydrogens is 532 g/mol. The summed E-state index contributed by atoms with van der Waals surface area (Å²) in [7, 11) is 0. The lowest BCUT2D eigenvalue weighted by molar-refractivity contribution is 0.0696. The van der Waals surface area contributed by atoms with Crippen molar-refractivity contribution in [1.82, 2.24) is 4.98 Å². The molecule has 2 heterocycles. The van der Waals surface area contributed by atoms with Crippen molar-refractivity contribution in [3.8, 4) is 28.3 Å². The molecule has 6 rings (SSSR count). The van der Waals surface area contributed by atoms with Crippen molar-refractivity contribution in [2.45, 2.75) is 13.3 Å². The molecule has 2 amide bonds. The smallest absolute Gasteiger partial charge is 0.335 e. The van der Waals surface area contributed by atoms with Gasteiger partial charge in [0.25, 0.3) is 11.8 Å². The Hall–Kier alpha value is -4.95. The van der Waals surface area contributed by atoms with Crippen molar-refractivity contribution >= 4 is 46.2 Å². The molecular formula is C31H21ClN2O6. The fourth-order valence-electron chi connectivity index (χ4n) is 4.63. The van der Waals surface area contributed by atoms with Crippen LogP contribution >= 0.6 is 11.6 Å². The van der Waals surface area contributed by atoms with Crippen molar-refractivity contribution in [3.63, 3.8) is 0 Å². The molecule has 0 unspecified atom stereocenters. The summed E-state index contributed by atoms with van der Waals surface area (Å²) in [6, 6.07) is 21.9. The maximum atomic E-state index is 13.3. The van der Waals surface area contributed by atoms with Crippen molar-refractivity contribution in [1.29, 1.82) is 0 Å². The summed E-state index contributed by atoms with van der Waals surface area (Å²) < 4.78 is 12.0. The molecule has 1 aliphatic rings. The Morgan fingerprint density at radius 1 is 0.900 bits per heavy atom. The minimum Gasteiger partial charge on any atom is -0.493 e. The molecule has 0 atom stereocenters. The Balaban J connectivity index is 1.41. The van der Waals surface area contributed by atoms with Gasteiger partial charge in [-0.15, -0.1) is 0 Å². The van der Waals surface area contributed by atoms with Gasteiger partial charge >= 0.3 is 5.97 Å². The van der Waals surface area contributed by atoms with Gasteiger partial charge in [-0.2, -0.15) is 0 Å². The average molecular weight is 553 g/mol. The van der Waals surface area contributed by atoms with Crippen LogP contribution in [0.25, 0.3) is 33.7 Å². The lowest BCUT2D eigenvalue weighted by Gasteiger charge is -2.16. The number of carbonyl (C=O) groups is 3. The molecule has 8 nitrogen and oxygen atoms in total. The van der Waals surface area contributed by atoms with Crippen molar-refractivity contribution in [2.24, 2.45) is 0 Å². The van der Waals surface area contributed by atoms with E-state index in [1.54, 1.807) is 18.2 Å². The van der Waals surface area contributed by atoms with E-state index in [1.807, 2.05) is 49.4 Å². The largest absolute Gasteiger partial charge is 0.493 e. The molecule has 0 saturated carbocycles.